The maximum Gasteiger partial charge on any atom is 0.0277 e. The molecule has 0 N–H and O–H groups in total. The van der Waals surface area contributed by atoms with E-state index < -0.39 is 0 Å². The van der Waals surface area contributed by atoms with Crippen molar-refractivity contribution >= 4 is 6.21 Å². The minimum absolute atomic E-state index is 0.558. The molecule has 0 unspecified atom stereocenters. The van der Waals surface area contributed by atoms with Crippen molar-refractivity contribution in [3.63, 3.8) is 0 Å². The fourth-order valence-electron chi connectivity index (χ4n) is 1.01. The van der Waals surface area contributed by atoms with Crippen molar-refractivity contribution in [1.29, 1.82) is 0 Å². The van der Waals surface area contributed by atoms with Crippen LogP contribution in [0.25, 0.3) is 0 Å². The van der Waals surface area contributed by atoms with Crippen molar-refractivity contribution < 1.29 is 0 Å². The number of rotatable bonds is 3. The van der Waals surface area contributed by atoms with Crippen LogP contribution in [0.5, 0.6) is 0 Å². The van der Waals surface area contributed by atoms with Gasteiger partial charge in [0, 0.05) is 33.1 Å². The third kappa shape index (κ3) is 3.81. The number of nitrogens with zero attached hydrogens (tertiary/aromatic N) is 2. The Morgan fingerprint density at radius 3 is 2.18 bits per heavy atom. The van der Waals surface area contributed by atoms with E-state index in [-0.39, 0.29) is 0 Å². The lowest BCUT2D eigenvalue weighted by atomic mass is 10.1. The number of hydrogen-bond acceptors (Lipinski definition) is 2. The molecule has 2 heteroatoms. The molecule has 0 radical (unpaired) electrons. The standard InChI is InChI=1S/C9H18N2/c1-8(2)9(11(4)5)6-7-10-3/h6-8H,1-5H3/b9-6-,10-7-. The highest BCUT2D eigenvalue weighted by molar-refractivity contribution is 5.71. The van der Waals surface area contributed by atoms with Crippen LogP contribution >= 0.6 is 0 Å². The van der Waals surface area contributed by atoms with E-state index in [0.29, 0.717) is 5.92 Å². The number of hydrogen-bond donors (Lipinski definition) is 0. The highest BCUT2D eigenvalue weighted by Gasteiger charge is 2.02. The van der Waals surface area contributed by atoms with Crippen LogP contribution in [-0.4, -0.2) is 32.3 Å². The van der Waals surface area contributed by atoms with Crippen LogP contribution in [0, 0.1) is 5.92 Å². The van der Waals surface area contributed by atoms with Gasteiger partial charge in [0.05, 0.1) is 0 Å². The second-order valence-electron chi connectivity index (χ2n) is 3.05. The molecule has 0 atom stereocenters. The van der Waals surface area contributed by atoms with Crippen LogP contribution in [0.1, 0.15) is 13.8 Å². The van der Waals surface area contributed by atoms with Crippen molar-refractivity contribution in [2.45, 2.75) is 13.8 Å². The van der Waals surface area contributed by atoms with Gasteiger partial charge >= 0.3 is 0 Å². The van der Waals surface area contributed by atoms with Gasteiger partial charge < -0.3 is 4.90 Å². The first-order valence-corrected chi connectivity index (χ1v) is 3.89. The lowest BCUT2D eigenvalue weighted by Gasteiger charge is -2.19. The zero-order valence-corrected chi connectivity index (χ0v) is 8.13. The molecule has 0 aromatic heterocycles. The summed E-state index contributed by atoms with van der Waals surface area (Å²) in [5.41, 5.74) is 1.30. The fraction of sp³-hybridized carbons (Fsp3) is 0.667. The van der Waals surface area contributed by atoms with Crippen molar-refractivity contribution in [3.05, 3.63) is 11.8 Å². The highest BCUT2D eigenvalue weighted by Crippen LogP contribution is 2.10. The molecule has 11 heavy (non-hydrogen) atoms. The summed E-state index contributed by atoms with van der Waals surface area (Å²) in [6, 6.07) is 0. The molecule has 0 spiro atoms. The number of aliphatic imine (C=N–C) groups is 1. The minimum atomic E-state index is 0.558. The van der Waals surface area contributed by atoms with Crippen LogP contribution in [0.3, 0.4) is 0 Å². The van der Waals surface area contributed by atoms with Gasteiger partial charge in [-0.05, 0) is 12.0 Å². The Morgan fingerprint density at radius 1 is 1.36 bits per heavy atom. The summed E-state index contributed by atoms with van der Waals surface area (Å²) >= 11 is 0. The first-order valence-electron chi connectivity index (χ1n) is 3.89. The summed E-state index contributed by atoms with van der Waals surface area (Å²) in [6.07, 6.45) is 3.88. The lowest BCUT2D eigenvalue weighted by molar-refractivity contribution is 0.448. The second-order valence-corrected chi connectivity index (χ2v) is 3.05. The molecule has 0 aromatic rings. The largest absolute Gasteiger partial charge is 0.381 e. The summed E-state index contributed by atoms with van der Waals surface area (Å²) in [5.74, 6) is 0.558. The average molecular weight is 154 g/mol. The van der Waals surface area contributed by atoms with Gasteiger partial charge in [0.1, 0.15) is 0 Å². The van der Waals surface area contributed by atoms with Gasteiger partial charge in [-0.1, -0.05) is 13.8 Å². The molecule has 0 saturated heterocycles. The van der Waals surface area contributed by atoms with Crippen LogP contribution in [0.15, 0.2) is 16.8 Å². The minimum Gasteiger partial charge on any atom is -0.381 e. The van der Waals surface area contributed by atoms with Gasteiger partial charge in [-0.25, -0.2) is 0 Å². The highest BCUT2D eigenvalue weighted by atomic mass is 15.1. The van der Waals surface area contributed by atoms with Crippen molar-refractivity contribution in [2.24, 2.45) is 10.9 Å². The molecular weight excluding hydrogens is 136 g/mol. The average Bonchev–Trinajstić information content (AvgIpc) is 1.87. The van der Waals surface area contributed by atoms with E-state index in [1.165, 1.54) is 5.70 Å². The van der Waals surface area contributed by atoms with E-state index in [4.69, 9.17) is 0 Å². The molecule has 0 fully saturated rings. The van der Waals surface area contributed by atoms with Crippen LogP contribution in [0.4, 0.5) is 0 Å². The molecule has 0 rings (SSSR count). The Bertz CT molecular complexity index is 145. The van der Waals surface area contributed by atoms with E-state index in [0.717, 1.165) is 0 Å². The molecule has 0 aliphatic heterocycles. The molecule has 64 valence electrons. The summed E-state index contributed by atoms with van der Waals surface area (Å²) in [6.45, 7) is 4.35. The molecule has 0 aliphatic carbocycles. The fourth-order valence-corrected chi connectivity index (χ4v) is 1.01. The Morgan fingerprint density at radius 2 is 1.91 bits per heavy atom. The van der Waals surface area contributed by atoms with Crippen molar-refractivity contribution in [1.82, 2.24) is 4.90 Å². The normalized spacial score (nSPS) is 13.1. The zero-order valence-electron chi connectivity index (χ0n) is 8.13. The molecule has 0 aliphatic rings. The Hall–Kier alpha value is -0.790. The summed E-state index contributed by atoms with van der Waals surface area (Å²) in [7, 11) is 5.88. The van der Waals surface area contributed by atoms with Crippen LogP contribution in [0.2, 0.25) is 0 Å². The van der Waals surface area contributed by atoms with E-state index in [1.54, 1.807) is 7.05 Å². The molecule has 0 amide bonds. The third-order valence-corrected chi connectivity index (χ3v) is 1.50. The van der Waals surface area contributed by atoms with Gasteiger partial charge in [0.25, 0.3) is 0 Å². The van der Waals surface area contributed by atoms with E-state index in [1.807, 2.05) is 12.3 Å². The van der Waals surface area contributed by atoms with Gasteiger partial charge in [0.15, 0.2) is 0 Å². The zero-order chi connectivity index (χ0) is 8.85. The summed E-state index contributed by atoms with van der Waals surface area (Å²) in [4.78, 5) is 6.03. The first-order chi connectivity index (χ1) is 5.09. The van der Waals surface area contributed by atoms with E-state index in [9.17, 15) is 0 Å². The molecule has 2 nitrogen and oxygen atoms in total. The molecule has 0 saturated carbocycles. The van der Waals surface area contributed by atoms with Crippen LogP contribution in [-0.2, 0) is 0 Å². The molecule has 0 bridgehead atoms. The smallest absolute Gasteiger partial charge is 0.0277 e. The van der Waals surface area contributed by atoms with Crippen LogP contribution < -0.4 is 0 Å². The monoisotopic (exact) mass is 154 g/mol. The predicted molar refractivity (Wildman–Crippen MR) is 51.0 cm³/mol. The topological polar surface area (TPSA) is 15.6 Å². The lowest BCUT2D eigenvalue weighted by Crippen LogP contribution is -2.15. The van der Waals surface area contributed by atoms with Gasteiger partial charge in [-0.3, -0.25) is 4.99 Å². The van der Waals surface area contributed by atoms with Crippen molar-refractivity contribution in [3.8, 4) is 0 Å². The Kier molecular flexibility index (Phi) is 4.59. The maximum absolute atomic E-state index is 3.91. The predicted octanol–water partition coefficient (Wildman–Crippen LogP) is 1.79. The second kappa shape index (κ2) is 4.94. The van der Waals surface area contributed by atoms with Crippen molar-refractivity contribution in [2.75, 3.05) is 21.1 Å². The maximum atomic E-state index is 3.91. The van der Waals surface area contributed by atoms with E-state index in [2.05, 4.69) is 37.8 Å². The van der Waals surface area contributed by atoms with Gasteiger partial charge in [0.2, 0.25) is 0 Å². The summed E-state index contributed by atoms with van der Waals surface area (Å²) in [5, 5.41) is 0. The molecule has 0 aromatic carbocycles. The molecular formula is C9H18N2. The first kappa shape index (κ1) is 10.2. The van der Waals surface area contributed by atoms with Gasteiger partial charge in [-0.2, -0.15) is 0 Å². The quantitative estimate of drug-likeness (QED) is 0.566. The SMILES string of the molecule is C/N=C\C=C(\C(C)C)N(C)C. The third-order valence-electron chi connectivity index (χ3n) is 1.50. The van der Waals surface area contributed by atoms with E-state index >= 15 is 0 Å². The Balaban J connectivity index is 4.33. The van der Waals surface area contributed by atoms with Gasteiger partial charge in [-0.15, -0.1) is 0 Å². The number of allylic oxidation sites excluding steroid dienone is 2. The molecule has 0 heterocycles. The Labute approximate surface area is 69.6 Å². The summed E-state index contributed by atoms with van der Waals surface area (Å²) < 4.78 is 0.